The Bertz CT molecular complexity index is 1370. The molecule has 2 heterocycles. The molecule has 1 unspecified atom stereocenters. The summed E-state index contributed by atoms with van der Waals surface area (Å²) in [7, 11) is 1.51. The largest absolute Gasteiger partial charge is 0.497 e. The van der Waals surface area contributed by atoms with Crippen LogP contribution in [-0.4, -0.2) is 32.8 Å². The summed E-state index contributed by atoms with van der Waals surface area (Å²) in [4.78, 5) is 40.2. The number of carbonyl (C=O) groups is 1. The van der Waals surface area contributed by atoms with E-state index in [-0.39, 0.29) is 23.8 Å². The summed E-state index contributed by atoms with van der Waals surface area (Å²) in [5.74, 6) is -0.275. The first-order valence-electron chi connectivity index (χ1n) is 10.5. The number of Topliss-reactive ketones (excluding diaryl/α,β-unsaturated/α-hetero) is 1. The van der Waals surface area contributed by atoms with E-state index in [1.807, 2.05) is 0 Å². The predicted octanol–water partition coefficient (Wildman–Crippen LogP) is 4.66. The van der Waals surface area contributed by atoms with Crippen LogP contribution in [-0.2, 0) is 6.18 Å². The smallest absolute Gasteiger partial charge is 0.416 e. The number of carbonyl (C=O) groups excluding carboxylic acids is 1. The molecule has 4 rings (SSSR count). The first-order valence-corrected chi connectivity index (χ1v) is 10.5. The molecule has 0 fully saturated rings. The number of aromatic amines is 1. The molecule has 0 aliphatic carbocycles. The van der Waals surface area contributed by atoms with Crippen LogP contribution in [0.3, 0.4) is 0 Å². The van der Waals surface area contributed by atoms with E-state index in [4.69, 9.17) is 4.74 Å². The van der Waals surface area contributed by atoms with Gasteiger partial charge in [0.15, 0.2) is 17.4 Å². The van der Waals surface area contributed by atoms with Crippen molar-refractivity contribution in [3.63, 3.8) is 0 Å². The SMILES string of the molecule is COc1ccc(C(CC(=O)c2cc(=O)[nH]c(-c3ncccn3)n2)c2ccc(C(F)(F)F)cc2)cc1. The van der Waals surface area contributed by atoms with Gasteiger partial charge in [-0.3, -0.25) is 9.59 Å². The number of ketones is 1. The molecule has 0 radical (unpaired) electrons. The summed E-state index contributed by atoms with van der Waals surface area (Å²) >= 11 is 0. The zero-order chi connectivity index (χ0) is 25.0. The molecular weight excluding hydrogens is 461 g/mol. The van der Waals surface area contributed by atoms with Crippen LogP contribution in [0.4, 0.5) is 13.2 Å². The Morgan fingerprint density at radius 1 is 1.00 bits per heavy atom. The third-order valence-corrected chi connectivity index (χ3v) is 5.35. The lowest BCUT2D eigenvalue weighted by Gasteiger charge is -2.19. The average Bonchev–Trinajstić information content (AvgIpc) is 2.87. The van der Waals surface area contributed by atoms with Gasteiger partial charge in [-0.15, -0.1) is 0 Å². The molecule has 178 valence electrons. The summed E-state index contributed by atoms with van der Waals surface area (Å²) < 4.78 is 44.3. The Morgan fingerprint density at radius 3 is 2.17 bits per heavy atom. The van der Waals surface area contributed by atoms with Gasteiger partial charge in [-0.2, -0.15) is 13.2 Å². The van der Waals surface area contributed by atoms with Gasteiger partial charge in [-0.05, 0) is 41.5 Å². The van der Waals surface area contributed by atoms with Crippen molar-refractivity contribution >= 4 is 5.78 Å². The molecule has 0 spiro atoms. The Kier molecular flexibility index (Phi) is 6.72. The number of hydrogen-bond donors (Lipinski definition) is 1. The number of alkyl halides is 3. The highest BCUT2D eigenvalue weighted by molar-refractivity contribution is 5.95. The molecule has 35 heavy (non-hydrogen) atoms. The van der Waals surface area contributed by atoms with E-state index in [2.05, 4.69) is 19.9 Å². The lowest BCUT2D eigenvalue weighted by Crippen LogP contribution is -2.17. The fourth-order valence-corrected chi connectivity index (χ4v) is 3.59. The van der Waals surface area contributed by atoms with Crippen LogP contribution in [0.15, 0.2) is 77.9 Å². The van der Waals surface area contributed by atoms with Crippen molar-refractivity contribution in [2.75, 3.05) is 7.11 Å². The van der Waals surface area contributed by atoms with Crippen LogP contribution >= 0.6 is 0 Å². The van der Waals surface area contributed by atoms with Gasteiger partial charge in [-0.25, -0.2) is 15.0 Å². The van der Waals surface area contributed by atoms with Crippen molar-refractivity contribution in [3.05, 3.63) is 106 Å². The summed E-state index contributed by atoms with van der Waals surface area (Å²) in [5.41, 5.74) is -0.240. The number of ether oxygens (including phenoxy) is 1. The van der Waals surface area contributed by atoms with Crippen molar-refractivity contribution in [1.82, 2.24) is 19.9 Å². The lowest BCUT2D eigenvalue weighted by molar-refractivity contribution is -0.137. The molecule has 4 aromatic rings. The number of methoxy groups -OCH3 is 1. The minimum Gasteiger partial charge on any atom is -0.497 e. The molecule has 0 saturated carbocycles. The second-order valence-electron chi connectivity index (χ2n) is 7.62. The summed E-state index contributed by atoms with van der Waals surface area (Å²) in [5, 5.41) is 0. The van der Waals surface area contributed by atoms with Crippen molar-refractivity contribution in [3.8, 4) is 17.4 Å². The molecule has 7 nitrogen and oxygen atoms in total. The first kappa shape index (κ1) is 23.8. The maximum absolute atomic E-state index is 13.2. The van der Waals surface area contributed by atoms with E-state index < -0.39 is 29.0 Å². The summed E-state index contributed by atoms with van der Waals surface area (Å²) in [6, 6.07) is 14.2. The molecule has 2 aromatic carbocycles. The van der Waals surface area contributed by atoms with Crippen LogP contribution in [0.2, 0.25) is 0 Å². The van der Waals surface area contributed by atoms with Crippen molar-refractivity contribution in [2.45, 2.75) is 18.5 Å². The van der Waals surface area contributed by atoms with E-state index in [0.29, 0.717) is 16.9 Å². The van der Waals surface area contributed by atoms with Gasteiger partial charge >= 0.3 is 6.18 Å². The Morgan fingerprint density at radius 2 is 1.60 bits per heavy atom. The maximum atomic E-state index is 13.2. The zero-order valence-corrected chi connectivity index (χ0v) is 18.4. The Hall–Kier alpha value is -4.34. The van der Waals surface area contributed by atoms with Crippen LogP contribution in [0.1, 0.15) is 39.5 Å². The van der Waals surface area contributed by atoms with Gasteiger partial charge in [0.05, 0.1) is 12.7 Å². The van der Waals surface area contributed by atoms with Crippen LogP contribution < -0.4 is 10.3 Å². The minimum atomic E-state index is -4.48. The molecular formula is C25H19F3N4O3. The molecule has 0 aliphatic rings. The number of H-pyrrole nitrogens is 1. The normalized spacial score (nSPS) is 12.2. The first-order chi connectivity index (χ1) is 16.7. The molecule has 0 saturated heterocycles. The fraction of sp³-hybridized carbons (Fsp3) is 0.160. The van der Waals surface area contributed by atoms with Gasteiger partial charge in [0.2, 0.25) is 0 Å². The standard InChI is InChI=1S/C25H19F3N4O3/c1-35-18-9-5-16(6-10-18)19(15-3-7-17(8-4-15)25(26,27)28)13-21(33)20-14-22(34)32-24(31-20)23-29-11-2-12-30-23/h2-12,14,19H,13H2,1H3,(H,31,32,34). The molecule has 1 atom stereocenters. The third kappa shape index (κ3) is 5.60. The van der Waals surface area contributed by atoms with Gasteiger partial charge < -0.3 is 9.72 Å². The highest BCUT2D eigenvalue weighted by Gasteiger charge is 2.30. The third-order valence-electron chi connectivity index (χ3n) is 5.35. The van der Waals surface area contributed by atoms with Gasteiger partial charge in [0, 0.05) is 30.8 Å². The van der Waals surface area contributed by atoms with E-state index in [1.165, 1.54) is 31.6 Å². The zero-order valence-electron chi connectivity index (χ0n) is 18.4. The summed E-state index contributed by atoms with van der Waals surface area (Å²) in [6.07, 6.45) is -1.67. The Balaban J connectivity index is 1.70. The minimum absolute atomic E-state index is 0.0389. The number of hydrogen-bond acceptors (Lipinski definition) is 6. The lowest BCUT2D eigenvalue weighted by atomic mass is 9.86. The molecule has 0 bridgehead atoms. The predicted molar refractivity (Wildman–Crippen MR) is 121 cm³/mol. The highest BCUT2D eigenvalue weighted by atomic mass is 19.4. The number of halogens is 3. The average molecular weight is 480 g/mol. The van der Waals surface area contributed by atoms with Gasteiger partial charge in [0.1, 0.15) is 11.4 Å². The van der Waals surface area contributed by atoms with E-state index in [0.717, 1.165) is 18.2 Å². The van der Waals surface area contributed by atoms with E-state index >= 15 is 0 Å². The highest BCUT2D eigenvalue weighted by Crippen LogP contribution is 2.34. The van der Waals surface area contributed by atoms with Crippen molar-refractivity contribution in [1.29, 1.82) is 0 Å². The van der Waals surface area contributed by atoms with Gasteiger partial charge in [-0.1, -0.05) is 24.3 Å². The number of aromatic nitrogens is 4. The second kappa shape index (κ2) is 9.88. The maximum Gasteiger partial charge on any atom is 0.416 e. The van der Waals surface area contributed by atoms with Gasteiger partial charge in [0.25, 0.3) is 5.56 Å². The number of nitrogens with zero attached hydrogens (tertiary/aromatic N) is 3. The Labute approximate surface area is 197 Å². The molecule has 10 heteroatoms. The topological polar surface area (TPSA) is 97.8 Å². The number of rotatable bonds is 7. The van der Waals surface area contributed by atoms with Crippen LogP contribution in [0.5, 0.6) is 5.75 Å². The fourth-order valence-electron chi connectivity index (χ4n) is 3.59. The second-order valence-corrected chi connectivity index (χ2v) is 7.62. The quantitative estimate of drug-likeness (QED) is 0.387. The summed E-state index contributed by atoms with van der Waals surface area (Å²) in [6.45, 7) is 0. The molecule has 0 aliphatic heterocycles. The van der Waals surface area contributed by atoms with E-state index in [9.17, 15) is 22.8 Å². The monoisotopic (exact) mass is 480 g/mol. The molecule has 1 N–H and O–H groups in total. The molecule has 2 aromatic heterocycles. The van der Waals surface area contributed by atoms with Crippen LogP contribution in [0.25, 0.3) is 11.6 Å². The number of benzene rings is 2. The van der Waals surface area contributed by atoms with Crippen molar-refractivity contribution in [2.24, 2.45) is 0 Å². The van der Waals surface area contributed by atoms with E-state index in [1.54, 1.807) is 30.3 Å². The van der Waals surface area contributed by atoms with Crippen LogP contribution in [0, 0.1) is 0 Å². The molecule has 0 amide bonds. The van der Waals surface area contributed by atoms with Crippen molar-refractivity contribution < 1.29 is 22.7 Å². The number of nitrogens with one attached hydrogen (secondary N) is 1.